The van der Waals surface area contributed by atoms with E-state index in [0.29, 0.717) is 6.04 Å². The number of aromatic nitrogens is 2. The molecule has 0 bridgehead atoms. The zero-order chi connectivity index (χ0) is 14.0. The van der Waals surface area contributed by atoms with Crippen LogP contribution in [0.2, 0.25) is 5.02 Å². The molecule has 0 aromatic carbocycles. The Kier molecular flexibility index (Phi) is 4.47. The van der Waals surface area contributed by atoms with Crippen molar-refractivity contribution in [2.75, 3.05) is 25.0 Å². The maximum absolute atomic E-state index is 12.2. The van der Waals surface area contributed by atoms with Gasteiger partial charge in [-0.05, 0) is 33.7 Å². The molecule has 1 atom stereocenters. The van der Waals surface area contributed by atoms with Crippen LogP contribution in [0.3, 0.4) is 0 Å². The molecule has 1 fully saturated rings. The minimum atomic E-state index is -0.204. The molecule has 1 N–H and O–H groups in total. The molecule has 5 nitrogen and oxygen atoms in total. The summed E-state index contributed by atoms with van der Waals surface area (Å²) in [5.41, 5.74) is 0.561. The third kappa shape index (κ3) is 2.77. The predicted molar refractivity (Wildman–Crippen MR) is 78.2 cm³/mol. The molecular weight excluding hydrogens is 264 g/mol. The second-order valence-corrected chi connectivity index (χ2v) is 5.61. The van der Waals surface area contributed by atoms with Gasteiger partial charge in [-0.25, -0.2) is 4.68 Å². The molecule has 0 radical (unpaired) electrons. The van der Waals surface area contributed by atoms with Gasteiger partial charge in [0, 0.05) is 19.1 Å². The first-order chi connectivity index (χ1) is 9.06. The van der Waals surface area contributed by atoms with Gasteiger partial charge in [0.2, 0.25) is 0 Å². The second-order valence-electron chi connectivity index (χ2n) is 5.23. The van der Waals surface area contributed by atoms with Gasteiger partial charge in [0.1, 0.15) is 5.02 Å². The Balaban J connectivity index is 2.35. The highest BCUT2D eigenvalue weighted by molar-refractivity contribution is 6.33. The standard InChI is InChI=1S/C13H21ClN4O/c1-9(2)18-13(19)12(14)11(8-16-18)17-6-4-5-10(17)7-15-3/h8-10,15H,4-7H2,1-3H3. The summed E-state index contributed by atoms with van der Waals surface area (Å²) in [7, 11) is 1.94. The number of nitrogens with zero attached hydrogens (tertiary/aromatic N) is 3. The molecule has 1 aromatic rings. The maximum atomic E-state index is 12.2. The first kappa shape index (κ1) is 14.3. The largest absolute Gasteiger partial charge is 0.365 e. The van der Waals surface area contributed by atoms with Crippen LogP contribution >= 0.6 is 11.6 Å². The van der Waals surface area contributed by atoms with Crippen LogP contribution in [-0.4, -0.2) is 36.0 Å². The molecule has 6 heteroatoms. The first-order valence-corrected chi connectivity index (χ1v) is 7.12. The lowest BCUT2D eigenvalue weighted by atomic mass is 10.2. The van der Waals surface area contributed by atoms with Crippen molar-refractivity contribution in [2.24, 2.45) is 0 Å². The summed E-state index contributed by atoms with van der Waals surface area (Å²) >= 11 is 6.25. The van der Waals surface area contributed by atoms with E-state index in [-0.39, 0.29) is 16.6 Å². The van der Waals surface area contributed by atoms with E-state index in [1.165, 1.54) is 4.68 Å². The third-order valence-electron chi connectivity index (χ3n) is 3.54. The van der Waals surface area contributed by atoms with Crippen LogP contribution in [0.15, 0.2) is 11.0 Å². The molecule has 1 unspecified atom stereocenters. The summed E-state index contributed by atoms with van der Waals surface area (Å²) in [6, 6.07) is 0.407. The molecule has 1 aliphatic heterocycles. The summed E-state index contributed by atoms with van der Waals surface area (Å²) in [6.07, 6.45) is 3.96. The van der Waals surface area contributed by atoms with E-state index in [0.717, 1.165) is 31.6 Å². The average molecular weight is 285 g/mol. The number of likely N-dealkylation sites (N-methyl/N-ethyl adjacent to an activating group) is 1. The molecule has 19 heavy (non-hydrogen) atoms. The van der Waals surface area contributed by atoms with Gasteiger partial charge < -0.3 is 10.2 Å². The summed E-state index contributed by atoms with van der Waals surface area (Å²) < 4.78 is 1.43. The Morgan fingerprint density at radius 1 is 1.58 bits per heavy atom. The summed E-state index contributed by atoms with van der Waals surface area (Å²) in [5, 5.41) is 7.70. The van der Waals surface area contributed by atoms with E-state index in [1.807, 2.05) is 20.9 Å². The van der Waals surface area contributed by atoms with E-state index >= 15 is 0 Å². The van der Waals surface area contributed by atoms with Gasteiger partial charge in [-0.1, -0.05) is 11.6 Å². The van der Waals surface area contributed by atoms with Crippen molar-refractivity contribution in [1.82, 2.24) is 15.1 Å². The van der Waals surface area contributed by atoms with Crippen LogP contribution in [0.5, 0.6) is 0 Å². The highest BCUT2D eigenvalue weighted by Gasteiger charge is 2.27. The number of anilines is 1. The van der Waals surface area contributed by atoms with E-state index in [1.54, 1.807) is 6.20 Å². The number of halogens is 1. The van der Waals surface area contributed by atoms with Crippen molar-refractivity contribution in [1.29, 1.82) is 0 Å². The number of hydrogen-bond donors (Lipinski definition) is 1. The lowest BCUT2D eigenvalue weighted by molar-refractivity contribution is 0.501. The Labute approximate surface area is 118 Å². The average Bonchev–Trinajstić information content (AvgIpc) is 2.81. The fourth-order valence-electron chi connectivity index (χ4n) is 2.60. The molecule has 106 valence electrons. The Morgan fingerprint density at radius 2 is 2.32 bits per heavy atom. The molecular formula is C13H21ClN4O. The van der Waals surface area contributed by atoms with Crippen molar-refractivity contribution in [3.63, 3.8) is 0 Å². The monoisotopic (exact) mass is 284 g/mol. The van der Waals surface area contributed by atoms with Gasteiger partial charge in [-0.15, -0.1) is 0 Å². The van der Waals surface area contributed by atoms with Gasteiger partial charge in [0.05, 0.1) is 17.9 Å². The van der Waals surface area contributed by atoms with Crippen LogP contribution in [0, 0.1) is 0 Å². The minimum absolute atomic E-state index is 0.0192. The maximum Gasteiger partial charge on any atom is 0.287 e. The Morgan fingerprint density at radius 3 is 2.95 bits per heavy atom. The molecule has 1 aliphatic rings. The van der Waals surface area contributed by atoms with E-state index in [2.05, 4.69) is 15.3 Å². The van der Waals surface area contributed by atoms with Crippen molar-refractivity contribution >= 4 is 17.3 Å². The van der Waals surface area contributed by atoms with E-state index in [9.17, 15) is 4.79 Å². The number of hydrogen-bond acceptors (Lipinski definition) is 4. The zero-order valence-corrected chi connectivity index (χ0v) is 12.4. The van der Waals surface area contributed by atoms with Crippen molar-refractivity contribution in [3.05, 3.63) is 21.6 Å². The van der Waals surface area contributed by atoms with E-state index < -0.39 is 0 Å². The zero-order valence-electron chi connectivity index (χ0n) is 11.7. The smallest absolute Gasteiger partial charge is 0.287 e. The van der Waals surface area contributed by atoms with Gasteiger partial charge in [-0.3, -0.25) is 4.79 Å². The Bertz CT molecular complexity index is 500. The van der Waals surface area contributed by atoms with Crippen LogP contribution in [-0.2, 0) is 0 Å². The second kappa shape index (κ2) is 5.92. The summed E-state index contributed by atoms with van der Waals surface area (Å²) in [5.74, 6) is 0. The van der Waals surface area contributed by atoms with Crippen molar-refractivity contribution in [3.8, 4) is 0 Å². The fourth-order valence-corrected chi connectivity index (χ4v) is 2.85. The van der Waals surface area contributed by atoms with Crippen LogP contribution in [0.1, 0.15) is 32.7 Å². The van der Waals surface area contributed by atoms with Crippen LogP contribution < -0.4 is 15.8 Å². The molecule has 1 saturated heterocycles. The first-order valence-electron chi connectivity index (χ1n) is 6.74. The van der Waals surface area contributed by atoms with Crippen LogP contribution in [0.25, 0.3) is 0 Å². The van der Waals surface area contributed by atoms with E-state index in [4.69, 9.17) is 11.6 Å². The van der Waals surface area contributed by atoms with Gasteiger partial charge in [-0.2, -0.15) is 5.10 Å². The van der Waals surface area contributed by atoms with Crippen molar-refractivity contribution in [2.45, 2.75) is 38.8 Å². The van der Waals surface area contributed by atoms with Gasteiger partial charge >= 0.3 is 0 Å². The fraction of sp³-hybridized carbons (Fsp3) is 0.692. The van der Waals surface area contributed by atoms with Gasteiger partial charge in [0.25, 0.3) is 5.56 Å². The molecule has 0 aliphatic carbocycles. The van der Waals surface area contributed by atoms with Crippen LogP contribution in [0.4, 0.5) is 5.69 Å². The molecule has 0 saturated carbocycles. The third-order valence-corrected chi connectivity index (χ3v) is 3.90. The normalized spacial score (nSPS) is 19.4. The van der Waals surface area contributed by atoms with Crippen molar-refractivity contribution < 1.29 is 0 Å². The molecule has 0 spiro atoms. The number of nitrogens with one attached hydrogen (secondary N) is 1. The molecule has 2 heterocycles. The lowest BCUT2D eigenvalue weighted by Gasteiger charge is -2.27. The topological polar surface area (TPSA) is 50.2 Å². The SMILES string of the molecule is CNCC1CCCN1c1cnn(C(C)C)c(=O)c1Cl. The number of rotatable bonds is 4. The predicted octanol–water partition coefficient (Wildman–Crippen LogP) is 1.67. The summed E-state index contributed by atoms with van der Waals surface area (Å²) in [4.78, 5) is 14.4. The highest BCUT2D eigenvalue weighted by Crippen LogP contribution is 2.29. The van der Waals surface area contributed by atoms with Gasteiger partial charge in [0.15, 0.2) is 0 Å². The molecule has 0 amide bonds. The Hall–Kier alpha value is -1.07. The molecule has 1 aromatic heterocycles. The quantitative estimate of drug-likeness (QED) is 0.914. The molecule has 2 rings (SSSR count). The lowest BCUT2D eigenvalue weighted by Crippen LogP contribution is -2.38. The summed E-state index contributed by atoms with van der Waals surface area (Å²) in [6.45, 7) is 5.66. The highest BCUT2D eigenvalue weighted by atomic mass is 35.5. The minimum Gasteiger partial charge on any atom is -0.365 e.